The topological polar surface area (TPSA) is 79.3 Å². The third kappa shape index (κ3) is 3.52. The Morgan fingerprint density at radius 3 is 2.39 bits per heavy atom. The number of cyclic esters (lactones) is 1. The summed E-state index contributed by atoms with van der Waals surface area (Å²) in [5.74, 6) is -1.30. The van der Waals surface area contributed by atoms with Gasteiger partial charge in [-0.3, -0.25) is 10.1 Å². The molecule has 1 aliphatic rings. The molecule has 3 aromatic carbocycles. The first-order chi connectivity index (χ1) is 18.2. The predicted molar refractivity (Wildman–Crippen MR) is 143 cm³/mol. The Bertz CT molecular complexity index is 1830. The molecule has 190 valence electrons. The molecule has 6 rings (SSSR count). The minimum Gasteiger partial charge on any atom is -0.439 e. The number of rotatable bonds is 5. The van der Waals surface area contributed by atoms with Crippen molar-refractivity contribution in [1.82, 2.24) is 9.13 Å². The van der Waals surface area contributed by atoms with Gasteiger partial charge in [-0.05, 0) is 29.8 Å². The van der Waals surface area contributed by atoms with E-state index in [0.717, 1.165) is 5.56 Å². The number of hydrogen-bond acceptors (Lipinski definition) is 4. The lowest BCUT2D eigenvalue weighted by Gasteiger charge is -2.28. The zero-order valence-corrected chi connectivity index (χ0v) is 21.3. The van der Waals surface area contributed by atoms with E-state index >= 15 is 0 Å². The Morgan fingerprint density at radius 2 is 1.71 bits per heavy atom. The van der Waals surface area contributed by atoms with E-state index < -0.39 is 22.3 Å². The highest BCUT2D eigenvalue weighted by Gasteiger charge is 2.52. The van der Waals surface area contributed by atoms with Gasteiger partial charge in [0.05, 0.1) is 15.5 Å². The van der Waals surface area contributed by atoms with Crippen molar-refractivity contribution >= 4 is 56.7 Å². The zero-order chi connectivity index (χ0) is 26.8. The Balaban J connectivity index is 1.67. The van der Waals surface area contributed by atoms with Crippen molar-refractivity contribution < 1.29 is 18.8 Å². The molecule has 1 atom stereocenters. The number of nitro benzene ring substituents is 1. The zero-order valence-electron chi connectivity index (χ0n) is 19.8. The summed E-state index contributed by atoms with van der Waals surface area (Å²) in [6.45, 7) is 0.462. The SMILES string of the molecule is Cn1cc(C2(c3cn(Cc4ccccc4)c4ccc(F)cc34)OC(=O)C(Cl)=C2Cl)c2ccc([N+](=O)[O-])cc21. The number of nitro groups is 1. The maximum absolute atomic E-state index is 14.6. The number of hydrogen-bond donors (Lipinski definition) is 0. The average molecular weight is 550 g/mol. The second kappa shape index (κ2) is 8.72. The fraction of sp³-hybridized carbons (Fsp3) is 0.107. The summed E-state index contributed by atoms with van der Waals surface area (Å²) in [5.41, 5.74) is 1.29. The van der Waals surface area contributed by atoms with Gasteiger partial charge in [-0.25, -0.2) is 9.18 Å². The lowest BCUT2D eigenvalue weighted by molar-refractivity contribution is -0.384. The number of halogens is 3. The van der Waals surface area contributed by atoms with E-state index in [1.54, 1.807) is 36.1 Å². The van der Waals surface area contributed by atoms with Gasteiger partial charge in [0.2, 0.25) is 5.60 Å². The normalized spacial score (nSPS) is 17.5. The molecule has 0 amide bonds. The van der Waals surface area contributed by atoms with Crippen molar-refractivity contribution in [1.29, 1.82) is 0 Å². The quantitative estimate of drug-likeness (QED) is 0.138. The molecule has 0 spiro atoms. The standard InChI is InChI=1S/C28H18Cl2FN3O4/c1-32-14-21(19-9-8-18(34(36)37)12-24(19)32)28(26(30)25(29)27(35)38-28)22-15-33(13-16-5-3-2-4-6-16)23-10-7-17(31)11-20(22)23/h2-12,14-15H,13H2,1H3. The first kappa shape index (κ1) is 24.2. The molecule has 0 bridgehead atoms. The van der Waals surface area contributed by atoms with Crippen LogP contribution in [0.3, 0.4) is 0 Å². The minimum absolute atomic E-state index is 0.0713. The molecular formula is C28H18Cl2FN3O4. The number of nitrogens with zero attached hydrogens (tertiary/aromatic N) is 3. The van der Waals surface area contributed by atoms with Gasteiger partial charge >= 0.3 is 5.97 Å². The fourth-order valence-electron chi connectivity index (χ4n) is 5.19. The summed E-state index contributed by atoms with van der Waals surface area (Å²) in [7, 11) is 1.72. The van der Waals surface area contributed by atoms with E-state index in [2.05, 4.69) is 0 Å². The number of aromatic nitrogens is 2. The van der Waals surface area contributed by atoms with Crippen molar-refractivity contribution in [3.05, 3.63) is 122 Å². The first-order valence-corrected chi connectivity index (χ1v) is 12.3. The number of fused-ring (bicyclic) bond motifs is 2. The van der Waals surface area contributed by atoms with Gasteiger partial charge in [0, 0.05) is 65.5 Å². The molecule has 1 unspecified atom stereocenters. The van der Waals surface area contributed by atoms with Crippen molar-refractivity contribution in [3.8, 4) is 0 Å². The summed E-state index contributed by atoms with van der Waals surface area (Å²) < 4.78 is 24.3. The number of benzene rings is 3. The molecule has 0 saturated heterocycles. The van der Waals surface area contributed by atoms with Crippen LogP contribution in [0, 0.1) is 15.9 Å². The lowest BCUT2D eigenvalue weighted by Crippen LogP contribution is -2.29. The van der Waals surface area contributed by atoms with E-state index in [-0.39, 0.29) is 15.8 Å². The van der Waals surface area contributed by atoms with Crippen LogP contribution in [-0.2, 0) is 28.7 Å². The average Bonchev–Trinajstić information content (AvgIpc) is 3.51. The summed E-state index contributed by atoms with van der Waals surface area (Å²) in [5, 5.41) is 12.1. The minimum atomic E-state index is -1.71. The van der Waals surface area contributed by atoms with Crippen LogP contribution in [0.2, 0.25) is 0 Å². The second-order valence-electron chi connectivity index (χ2n) is 9.13. The fourth-order valence-corrected chi connectivity index (χ4v) is 5.68. The first-order valence-electron chi connectivity index (χ1n) is 11.6. The van der Waals surface area contributed by atoms with Gasteiger partial charge in [0.15, 0.2) is 0 Å². The van der Waals surface area contributed by atoms with E-state index in [9.17, 15) is 19.3 Å². The Hall–Kier alpha value is -4.14. The third-order valence-electron chi connectivity index (χ3n) is 6.91. The van der Waals surface area contributed by atoms with Crippen molar-refractivity contribution in [3.63, 3.8) is 0 Å². The monoisotopic (exact) mass is 549 g/mol. The van der Waals surface area contributed by atoms with Crippen molar-refractivity contribution in [2.45, 2.75) is 12.1 Å². The van der Waals surface area contributed by atoms with Crippen LogP contribution < -0.4 is 0 Å². The highest BCUT2D eigenvalue weighted by molar-refractivity contribution is 6.49. The van der Waals surface area contributed by atoms with Gasteiger partial charge in [-0.2, -0.15) is 0 Å². The predicted octanol–water partition coefficient (Wildman–Crippen LogP) is 6.72. The number of non-ortho nitro benzene ring substituents is 1. The summed E-state index contributed by atoms with van der Waals surface area (Å²) >= 11 is 13.2. The molecule has 2 aromatic heterocycles. The molecule has 7 nitrogen and oxygen atoms in total. The highest BCUT2D eigenvalue weighted by atomic mass is 35.5. The van der Waals surface area contributed by atoms with Crippen molar-refractivity contribution in [2.24, 2.45) is 7.05 Å². The molecule has 38 heavy (non-hydrogen) atoms. The van der Waals surface area contributed by atoms with Gasteiger partial charge < -0.3 is 13.9 Å². The van der Waals surface area contributed by atoms with Gasteiger partial charge in [-0.15, -0.1) is 0 Å². The number of carbonyl (C=O) groups excluding carboxylic acids is 1. The van der Waals surface area contributed by atoms with Crippen molar-refractivity contribution in [2.75, 3.05) is 0 Å². The van der Waals surface area contributed by atoms with Crippen LogP contribution in [0.4, 0.5) is 10.1 Å². The van der Waals surface area contributed by atoms with Crippen LogP contribution in [-0.4, -0.2) is 20.0 Å². The highest BCUT2D eigenvalue weighted by Crippen LogP contribution is 2.53. The van der Waals surface area contributed by atoms with Crippen LogP contribution in [0.15, 0.2) is 89.2 Å². The number of ether oxygens (including phenoxy) is 1. The third-order valence-corrected chi connectivity index (χ3v) is 7.80. The molecule has 5 aromatic rings. The summed E-state index contributed by atoms with van der Waals surface area (Å²) in [4.78, 5) is 23.8. The largest absolute Gasteiger partial charge is 0.439 e. The summed E-state index contributed by atoms with van der Waals surface area (Å²) in [6, 6.07) is 18.5. The molecule has 1 aliphatic heterocycles. The van der Waals surface area contributed by atoms with Gasteiger partial charge in [0.25, 0.3) is 5.69 Å². The van der Waals surface area contributed by atoms with Gasteiger partial charge in [0.1, 0.15) is 10.8 Å². The molecular weight excluding hydrogens is 532 g/mol. The van der Waals surface area contributed by atoms with Crippen LogP contribution >= 0.6 is 23.2 Å². The van der Waals surface area contributed by atoms with Crippen LogP contribution in [0.1, 0.15) is 16.7 Å². The lowest BCUT2D eigenvalue weighted by atomic mass is 9.85. The number of carbonyl (C=O) groups is 1. The molecule has 0 N–H and O–H groups in total. The van der Waals surface area contributed by atoms with Crippen LogP contribution in [0.5, 0.6) is 0 Å². The van der Waals surface area contributed by atoms with E-state index in [4.69, 9.17) is 27.9 Å². The molecule has 0 fully saturated rings. The van der Waals surface area contributed by atoms with E-state index in [1.165, 1.54) is 24.3 Å². The number of esters is 1. The Labute approximate surface area is 225 Å². The molecule has 0 radical (unpaired) electrons. The van der Waals surface area contributed by atoms with Gasteiger partial charge in [-0.1, -0.05) is 53.5 Å². The molecule has 10 heteroatoms. The maximum atomic E-state index is 14.6. The summed E-state index contributed by atoms with van der Waals surface area (Å²) in [6.07, 6.45) is 3.48. The molecule has 0 saturated carbocycles. The maximum Gasteiger partial charge on any atom is 0.352 e. The molecule has 0 aliphatic carbocycles. The van der Waals surface area contributed by atoms with Crippen LogP contribution in [0.25, 0.3) is 21.8 Å². The smallest absolute Gasteiger partial charge is 0.352 e. The second-order valence-corrected chi connectivity index (χ2v) is 9.88. The Morgan fingerprint density at radius 1 is 0.974 bits per heavy atom. The van der Waals surface area contributed by atoms with E-state index in [1.807, 2.05) is 34.9 Å². The Kier molecular flexibility index (Phi) is 5.55. The number of aryl methyl sites for hydroxylation is 1. The molecule has 3 heterocycles. The van der Waals surface area contributed by atoms with E-state index in [0.29, 0.717) is 39.5 Å².